The van der Waals surface area contributed by atoms with Crippen LogP contribution in [0.5, 0.6) is 0 Å². The summed E-state index contributed by atoms with van der Waals surface area (Å²) in [6.45, 7) is 0. The number of nitrogens with zero attached hydrogens (tertiary/aromatic N) is 4. The second-order valence-corrected chi connectivity index (χ2v) is 5.77. The molecule has 8 heteroatoms. The van der Waals surface area contributed by atoms with Crippen LogP contribution in [0.1, 0.15) is 0 Å². The second-order valence-electron chi connectivity index (χ2n) is 2.21. The van der Waals surface area contributed by atoms with E-state index in [1.54, 1.807) is 4.45 Å². The monoisotopic (exact) mass is 530 g/mol. The van der Waals surface area contributed by atoms with E-state index in [1.807, 2.05) is 0 Å². The summed E-state index contributed by atoms with van der Waals surface area (Å²) in [5.41, 5.74) is 1.67. The van der Waals surface area contributed by atoms with Crippen molar-refractivity contribution in [1.82, 2.24) is 19.5 Å². The minimum atomic E-state index is 0.805. The molecule has 0 saturated carbocycles. The van der Waals surface area contributed by atoms with E-state index in [2.05, 4.69) is 92.2 Å². The molecule has 2 aromatic rings. The first kappa shape index (κ1) is 10.7. The highest BCUT2D eigenvalue weighted by molar-refractivity contribution is 14.1. The fraction of sp³-hybridized carbons (Fsp3) is 0. The van der Waals surface area contributed by atoms with Gasteiger partial charge in [0.05, 0.1) is 0 Å². The predicted molar refractivity (Wildman–Crippen MR) is 78.6 cm³/mol. The van der Waals surface area contributed by atoms with Crippen molar-refractivity contribution in [3.8, 4) is 0 Å². The van der Waals surface area contributed by atoms with Gasteiger partial charge in [0.25, 0.3) is 0 Å². The van der Waals surface area contributed by atoms with Gasteiger partial charge in [-0.15, -0.1) is 0 Å². The first-order valence-electron chi connectivity index (χ1n) is 3.12. The van der Waals surface area contributed by atoms with E-state index < -0.39 is 0 Å². The van der Waals surface area contributed by atoms with E-state index in [-0.39, 0.29) is 0 Å². The lowest BCUT2D eigenvalue weighted by molar-refractivity contribution is 1.00. The molecule has 1 unspecified atom stereocenters. The summed E-state index contributed by atoms with van der Waals surface area (Å²) in [4.78, 5) is 8.80. The normalized spacial score (nSPS) is 11.1. The van der Waals surface area contributed by atoms with Crippen molar-refractivity contribution >= 4 is 88.3 Å². The van der Waals surface area contributed by atoms with Gasteiger partial charge in [0, 0.05) is 0 Å². The summed E-state index contributed by atoms with van der Waals surface area (Å²) >= 11 is 6.49. The minimum Gasteiger partial charge on any atom is -0.233 e. The summed E-state index contributed by atoms with van der Waals surface area (Å²) in [5, 5.41) is 4.21. The van der Waals surface area contributed by atoms with Crippen molar-refractivity contribution in [2.24, 2.45) is 0 Å². The van der Waals surface area contributed by atoms with Crippen LogP contribution in [0.3, 0.4) is 0 Å². The number of rotatable bonds is 0. The van der Waals surface area contributed by atoms with Crippen molar-refractivity contribution < 1.29 is 0 Å². The van der Waals surface area contributed by atoms with Crippen LogP contribution in [0.15, 0.2) is 0 Å². The fourth-order valence-corrected chi connectivity index (χ4v) is 2.71. The molecular formula is C5H2I3N4P. The van der Waals surface area contributed by atoms with Gasteiger partial charge in [0.2, 0.25) is 0 Å². The van der Waals surface area contributed by atoms with E-state index in [0.29, 0.717) is 0 Å². The van der Waals surface area contributed by atoms with E-state index in [4.69, 9.17) is 0 Å². The summed E-state index contributed by atoms with van der Waals surface area (Å²) in [5.74, 6) is 0. The number of halogens is 3. The SMILES string of the molecule is Pn1nc(I)c2nc(I)c(I)nc21. The van der Waals surface area contributed by atoms with Crippen LogP contribution in [0.4, 0.5) is 0 Å². The Labute approximate surface area is 117 Å². The third kappa shape index (κ3) is 1.93. The van der Waals surface area contributed by atoms with Crippen molar-refractivity contribution in [2.45, 2.75) is 0 Å². The maximum Gasteiger partial charge on any atom is 0.181 e. The average Bonchev–Trinajstić information content (AvgIpc) is 2.31. The molecule has 0 aliphatic rings. The Morgan fingerprint density at radius 3 is 2.31 bits per heavy atom. The Morgan fingerprint density at radius 1 is 1.00 bits per heavy atom. The standard InChI is InChI=1S/C5H2I3N4P/c6-2-1-5(12(13)11-2)10-4(8)3(7)9-1/h13H2. The minimum absolute atomic E-state index is 0.805. The Hall–Kier alpha value is 1.17. The molecule has 68 valence electrons. The van der Waals surface area contributed by atoms with E-state index in [1.165, 1.54) is 0 Å². The lowest BCUT2D eigenvalue weighted by Crippen LogP contribution is -1.93. The number of hydrogen-bond donors (Lipinski definition) is 0. The lowest BCUT2D eigenvalue weighted by Gasteiger charge is -1.95. The van der Waals surface area contributed by atoms with Gasteiger partial charge in [-0.3, -0.25) is 0 Å². The third-order valence-electron chi connectivity index (χ3n) is 1.40. The Morgan fingerprint density at radius 2 is 1.62 bits per heavy atom. The molecule has 0 saturated heterocycles. The zero-order valence-corrected chi connectivity index (χ0v) is 13.6. The first-order chi connectivity index (χ1) is 6.09. The van der Waals surface area contributed by atoms with Gasteiger partial charge in [0.1, 0.15) is 12.9 Å². The van der Waals surface area contributed by atoms with Crippen molar-refractivity contribution in [1.29, 1.82) is 0 Å². The van der Waals surface area contributed by atoms with Gasteiger partial charge in [-0.2, -0.15) is 5.10 Å². The Kier molecular flexibility index (Phi) is 3.26. The summed E-state index contributed by atoms with van der Waals surface area (Å²) in [7, 11) is 2.50. The number of aromatic nitrogens is 4. The van der Waals surface area contributed by atoms with Gasteiger partial charge in [-0.05, 0) is 77.2 Å². The molecule has 0 spiro atoms. The highest BCUT2D eigenvalue weighted by Gasteiger charge is 2.11. The molecule has 0 radical (unpaired) electrons. The van der Waals surface area contributed by atoms with Crippen molar-refractivity contribution in [3.63, 3.8) is 0 Å². The molecule has 0 aliphatic carbocycles. The molecular weight excluding hydrogens is 528 g/mol. The number of fused-ring (bicyclic) bond motifs is 1. The van der Waals surface area contributed by atoms with Gasteiger partial charge in [-0.1, -0.05) is 0 Å². The predicted octanol–water partition coefficient (Wildman–Crippen LogP) is 2.28. The third-order valence-corrected chi connectivity index (χ3v) is 5.03. The van der Waals surface area contributed by atoms with Crippen LogP contribution < -0.4 is 0 Å². The molecule has 2 aromatic heterocycles. The van der Waals surface area contributed by atoms with Gasteiger partial charge in [-0.25, -0.2) is 14.4 Å². The molecule has 0 N–H and O–H groups in total. The molecule has 0 amide bonds. The van der Waals surface area contributed by atoms with E-state index in [9.17, 15) is 0 Å². The topological polar surface area (TPSA) is 43.6 Å². The van der Waals surface area contributed by atoms with Crippen molar-refractivity contribution in [2.75, 3.05) is 0 Å². The number of hydrogen-bond acceptors (Lipinski definition) is 3. The van der Waals surface area contributed by atoms with Crippen LogP contribution in [-0.4, -0.2) is 19.5 Å². The van der Waals surface area contributed by atoms with Gasteiger partial charge < -0.3 is 0 Å². The molecule has 0 aromatic carbocycles. The van der Waals surface area contributed by atoms with Crippen LogP contribution >= 0.6 is 77.2 Å². The van der Waals surface area contributed by atoms with Crippen LogP contribution in [0.2, 0.25) is 0 Å². The molecule has 0 aliphatic heterocycles. The molecule has 2 heterocycles. The van der Waals surface area contributed by atoms with Crippen molar-refractivity contribution in [3.05, 3.63) is 11.1 Å². The Balaban J connectivity index is 2.91. The maximum atomic E-state index is 4.41. The van der Waals surface area contributed by atoms with E-state index >= 15 is 0 Å². The molecule has 13 heavy (non-hydrogen) atoms. The quantitative estimate of drug-likeness (QED) is 0.389. The molecule has 2 rings (SSSR count). The van der Waals surface area contributed by atoms with Crippen LogP contribution in [0, 0.1) is 11.1 Å². The summed E-state index contributed by atoms with van der Waals surface area (Å²) in [6.07, 6.45) is 0. The average molecular weight is 530 g/mol. The van der Waals surface area contributed by atoms with Crippen LogP contribution in [0.25, 0.3) is 11.2 Å². The van der Waals surface area contributed by atoms with Gasteiger partial charge >= 0.3 is 0 Å². The van der Waals surface area contributed by atoms with Gasteiger partial charge in [0.15, 0.2) is 9.35 Å². The summed E-state index contributed by atoms with van der Waals surface area (Å²) < 4.78 is 4.37. The molecule has 0 bridgehead atoms. The molecule has 0 fully saturated rings. The second kappa shape index (κ2) is 3.97. The Bertz CT molecular complexity index is 440. The lowest BCUT2D eigenvalue weighted by atomic mass is 10.6. The zero-order chi connectivity index (χ0) is 9.59. The van der Waals surface area contributed by atoms with Crippen LogP contribution in [-0.2, 0) is 0 Å². The molecule has 1 atom stereocenters. The first-order valence-corrected chi connectivity index (χ1v) is 6.87. The molecule has 4 nitrogen and oxygen atoms in total. The highest BCUT2D eigenvalue weighted by Crippen LogP contribution is 2.21. The highest BCUT2D eigenvalue weighted by atomic mass is 127. The zero-order valence-electron chi connectivity index (χ0n) is 6.00. The fourth-order valence-electron chi connectivity index (χ4n) is 0.874. The summed E-state index contributed by atoms with van der Waals surface area (Å²) in [6, 6.07) is 0. The smallest absolute Gasteiger partial charge is 0.181 e. The van der Waals surface area contributed by atoms with E-state index in [0.717, 1.165) is 22.3 Å². The largest absolute Gasteiger partial charge is 0.233 e. The maximum absolute atomic E-state index is 4.41.